The first-order chi connectivity index (χ1) is 6.74. The van der Waals surface area contributed by atoms with Crippen molar-refractivity contribution in [3.8, 4) is 0 Å². The molecule has 0 unspecified atom stereocenters. The number of aromatic amines is 2. The Balaban J connectivity index is 1.98. The summed E-state index contributed by atoms with van der Waals surface area (Å²) in [5.41, 5.74) is 0.466. The van der Waals surface area contributed by atoms with E-state index >= 15 is 0 Å². The molecule has 0 aliphatic rings. The predicted molar refractivity (Wildman–Crippen MR) is 47.8 cm³/mol. The van der Waals surface area contributed by atoms with Gasteiger partial charge >= 0.3 is 5.69 Å². The Labute approximate surface area is 78.6 Å². The summed E-state index contributed by atoms with van der Waals surface area (Å²) in [5, 5.41) is 8.84. The summed E-state index contributed by atoms with van der Waals surface area (Å²) >= 11 is 0. The van der Waals surface area contributed by atoms with Gasteiger partial charge in [0.1, 0.15) is 12.1 Å². The van der Waals surface area contributed by atoms with Crippen LogP contribution >= 0.6 is 0 Å². The van der Waals surface area contributed by atoms with Crippen molar-refractivity contribution in [3.05, 3.63) is 28.3 Å². The van der Waals surface area contributed by atoms with Gasteiger partial charge in [-0.1, -0.05) is 0 Å². The smallest absolute Gasteiger partial charge is 0.340 e. The number of rotatable bonds is 3. The lowest BCUT2D eigenvalue weighted by atomic mass is 10.6. The van der Waals surface area contributed by atoms with Crippen LogP contribution in [0.1, 0.15) is 11.5 Å². The minimum atomic E-state index is -0.328. The third kappa shape index (κ3) is 1.82. The second kappa shape index (κ2) is 3.36. The van der Waals surface area contributed by atoms with Crippen LogP contribution in [0.4, 0.5) is 6.01 Å². The van der Waals surface area contributed by atoms with Crippen molar-refractivity contribution in [1.29, 1.82) is 0 Å². The van der Waals surface area contributed by atoms with Crippen LogP contribution in [0.5, 0.6) is 0 Å². The van der Waals surface area contributed by atoms with Crippen LogP contribution in [0.3, 0.4) is 0 Å². The third-order valence-electron chi connectivity index (χ3n) is 1.58. The van der Waals surface area contributed by atoms with E-state index in [1.165, 1.54) is 6.26 Å². The van der Waals surface area contributed by atoms with Gasteiger partial charge in [0, 0.05) is 0 Å². The Hall–Kier alpha value is -2.05. The largest absolute Gasteiger partial charge is 0.432 e. The molecule has 0 aliphatic heterocycles. The fourth-order valence-electron chi connectivity index (χ4n) is 0.983. The molecule has 0 saturated carbocycles. The molecule has 7 heteroatoms. The van der Waals surface area contributed by atoms with Crippen LogP contribution in [0, 0.1) is 6.92 Å². The van der Waals surface area contributed by atoms with Crippen LogP contribution in [0.25, 0.3) is 0 Å². The lowest BCUT2D eigenvalue weighted by Crippen LogP contribution is -2.04. The maximum Gasteiger partial charge on any atom is 0.340 e. The van der Waals surface area contributed by atoms with Crippen molar-refractivity contribution in [2.75, 3.05) is 5.32 Å². The Morgan fingerprint density at radius 2 is 2.50 bits per heavy atom. The Morgan fingerprint density at radius 3 is 3.07 bits per heavy atom. The molecule has 74 valence electrons. The highest BCUT2D eigenvalue weighted by Crippen LogP contribution is 2.06. The zero-order chi connectivity index (χ0) is 9.97. The Morgan fingerprint density at radius 1 is 1.64 bits per heavy atom. The number of aromatic nitrogens is 4. The van der Waals surface area contributed by atoms with Gasteiger partial charge in [-0.15, -0.1) is 0 Å². The maximum absolute atomic E-state index is 10.7. The summed E-state index contributed by atoms with van der Waals surface area (Å²) in [6, 6.07) is 0.409. The zero-order valence-corrected chi connectivity index (χ0v) is 7.50. The van der Waals surface area contributed by atoms with Gasteiger partial charge in [-0.3, -0.25) is 4.98 Å². The fourth-order valence-corrected chi connectivity index (χ4v) is 0.983. The average molecular weight is 195 g/mol. The number of aryl methyl sites for hydroxylation is 1. The van der Waals surface area contributed by atoms with E-state index in [4.69, 9.17) is 4.42 Å². The highest BCUT2D eigenvalue weighted by molar-refractivity contribution is 5.20. The second-order valence-electron chi connectivity index (χ2n) is 2.77. The molecule has 0 bridgehead atoms. The second-order valence-corrected chi connectivity index (χ2v) is 2.77. The molecule has 2 rings (SSSR count). The molecule has 3 N–H and O–H groups in total. The lowest BCUT2D eigenvalue weighted by molar-refractivity contribution is 0.569. The van der Waals surface area contributed by atoms with Gasteiger partial charge < -0.3 is 9.73 Å². The molecule has 0 fully saturated rings. The van der Waals surface area contributed by atoms with Crippen LogP contribution in [0.2, 0.25) is 0 Å². The molecular formula is C7H9N5O2. The number of hydrogen-bond donors (Lipinski definition) is 3. The van der Waals surface area contributed by atoms with E-state index in [0.717, 1.165) is 5.69 Å². The van der Waals surface area contributed by atoms with Gasteiger partial charge in [0.25, 0.3) is 6.01 Å². The van der Waals surface area contributed by atoms with Crippen molar-refractivity contribution in [3.63, 3.8) is 0 Å². The fraction of sp³-hybridized carbons (Fsp3) is 0.286. The van der Waals surface area contributed by atoms with E-state index < -0.39 is 0 Å². The van der Waals surface area contributed by atoms with E-state index in [2.05, 4.69) is 25.5 Å². The Bertz CT molecular complexity index is 468. The molecule has 7 nitrogen and oxygen atoms in total. The highest BCUT2D eigenvalue weighted by atomic mass is 16.4. The molecule has 2 aromatic heterocycles. The number of hydrogen-bond acceptors (Lipinski definition) is 5. The topological polar surface area (TPSA) is 99.6 Å². The average Bonchev–Trinajstić information content (AvgIpc) is 2.72. The molecule has 0 spiro atoms. The first-order valence-corrected chi connectivity index (χ1v) is 4.03. The van der Waals surface area contributed by atoms with E-state index in [9.17, 15) is 4.79 Å². The van der Waals surface area contributed by atoms with Crippen molar-refractivity contribution in [1.82, 2.24) is 20.2 Å². The van der Waals surface area contributed by atoms with Gasteiger partial charge in [-0.25, -0.2) is 9.89 Å². The van der Waals surface area contributed by atoms with Gasteiger partial charge in [0.15, 0.2) is 0 Å². The molecule has 0 atom stereocenters. The molecule has 0 aromatic carbocycles. The van der Waals surface area contributed by atoms with Crippen molar-refractivity contribution >= 4 is 6.01 Å². The first-order valence-electron chi connectivity index (χ1n) is 4.03. The van der Waals surface area contributed by atoms with Crippen LogP contribution in [0.15, 0.2) is 15.5 Å². The number of oxazole rings is 1. The standard InChI is InChI=1S/C7H9N5O2/c1-4-3-14-7(9-4)8-2-5-10-6(13)12-11-5/h3H,2H2,1H3,(H,8,9)(H2,10,11,12,13). The molecule has 2 heterocycles. The van der Waals surface area contributed by atoms with Crippen LogP contribution in [-0.2, 0) is 6.54 Å². The van der Waals surface area contributed by atoms with E-state index in [0.29, 0.717) is 18.4 Å². The quantitative estimate of drug-likeness (QED) is 0.640. The molecule has 0 radical (unpaired) electrons. The summed E-state index contributed by atoms with van der Waals surface area (Å²) < 4.78 is 5.04. The molecule has 0 saturated heterocycles. The molecular weight excluding hydrogens is 186 g/mol. The SMILES string of the molecule is Cc1coc(NCc2n[nH]c(=O)[nH]2)n1. The predicted octanol–water partition coefficient (Wildman–Crippen LogP) is 0.00652. The van der Waals surface area contributed by atoms with E-state index in [1.807, 2.05) is 6.92 Å². The minimum Gasteiger partial charge on any atom is -0.432 e. The lowest BCUT2D eigenvalue weighted by Gasteiger charge is -1.95. The maximum atomic E-state index is 10.7. The number of nitrogens with one attached hydrogen (secondary N) is 3. The van der Waals surface area contributed by atoms with Gasteiger partial charge in [0.2, 0.25) is 0 Å². The van der Waals surface area contributed by atoms with E-state index in [-0.39, 0.29) is 5.69 Å². The monoisotopic (exact) mass is 195 g/mol. The summed E-state index contributed by atoms with van der Waals surface area (Å²) in [4.78, 5) is 17.2. The van der Waals surface area contributed by atoms with Crippen molar-refractivity contribution in [2.24, 2.45) is 0 Å². The zero-order valence-electron chi connectivity index (χ0n) is 7.50. The molecule has 0 amide bonds. The van der Waals surface area contributed by atoms with Crippen LogP contribution < -0.4 is 11.0 Å². The molecule has 0 aliphatic carbocycles. The Kier molecular flexibility index (Phi) is 2.05. The third-order valence-corrected chi connectivity index (χ3v) is 1.58. The van der Waals surface area contributed by atoms with Gasteiger partial charge in [-0.05, 0) is 6.92 Å². The number of anilines is 1. The normalized spacial score (nSPS) is 10.4. The number of nitrogens with zero attached hydrogens (tertiary/aromatic N) is 2. The molecule has 14 heavy (non-hydrogen) atoms. The van der Waals surface area contributed by atoms with Gasteiger partial charge in [-0.2, -0.15) is 10.1 Å². The van der Waals surface area contributed by atoms with Crippen molar-refractivity contribution in [2.45, 2.75) is 13.5 Å². The minimum absolute atomic E-state index is 0.328. The number of H-pyrrole nitrogens is 2. The van der Waals surface area contributed by atoms with Crippen molar-refractivity contribution < 1.29 is 4.42 Å². The molecule has 2 aromatic rings. The highest BCUT2D eigenvalue weighted by Gasteiger charge is 2.01. The van der Waals surface area contributed by atoms with Gasteiger partial charge in [0.05, 0.1) is 12.2 Å². The van der Waals surface area contributed by atoms with E-state index in [1.54, 1.807) is 0 Å². The van der Waals surface area contributed by atoms with Crippen LogP contribution in [-0.4, -0.2) is 20.2 Å². The summed E-state index contributed by atoms with van der Waals surface area (Å²) in [5.74, 6) is 0.505. The summed E-state index contributed by atoms with van der Waals surface area (Å²) in [6.45, 7) is 2.18. The first kappa shape index (κ1) is 8.54. The summed E-state index contributed by atoms with van der Waals surface area (Å²) in [6.07, 6.45) is 1.54. The summed E-state index contributed by atoms with van der Waals surface area (Å²) in [7, 11) is 0.